The smallest absolute Gasteiger partial charge is 0.252 e. The highest BCUT2D eigenvalue weighted by molar-refractivity contribution is 7.91. The van der Waals surface area contributed by atoms with Gasteiger partial charge in [-0.05, 0) is 67.3 Å². The fourth-order valence-electron chi connectivity index (χ4n) is 4.06. The number of nitrogens with zero attached hydrogens (tertiary/aromatic N) is 2. The second kappa shape index (κ2) is 10.2. The number of rotatable bonds is 8. The van der Waals surface area contributed by atoms with Crippen LogP contribution in [0.3, 0.4) is 0 Å². The lowest BCUT2D eigenvalue weighted by Crippen LogP contribution is -2.58. The number of hydrogen-bond acceptors (Lipinski definition) is 7. The Morgan fingerprint density at radius 1 is 1.03 bits per heavy atom. The van der Waals surface area contributed by atoms with Crippen molar-refractivity contribution in [1.29, 1.82) is 0 Å². The number of sulfonamides is 2. The Bertz CT molecular complexity index is 1390. The van der Waals surface area contributed by atoms with Crippen molar-refractivity contribution in [1.82, 2.24) is 9.03 Å². The summed E-state index contributed by atoms with van der Waals surface area (Å²) in [6.07, 6.45) is 0. The van der Waals surface area contributed by atoms with Crippen molar-refractivity contribution in [2.24, 2.45) is 0 Å². The molecule has 0 saturated carbocycles. The van der Waals surface area contributed by atoms with Crippen molar-refractivity contribution in [3.8, 4) is 0 Å². The fraction of sp³-hybridized carbons (Fsp3) is 0.333. The van der Waals surface area contributed by atoms with E-state index in [0.29, 0.717) is 6.54 Å². The van der Waals surface area contributed by atoms with Gasteiger partial charge in [0.05, 0.1) is 16.5 Å². The minimum Gasteiger partial charge on any atom is -0.386 e. The summed E-state index contributed by atoms with van der Waals surface area (Å²) in [5.41, 5.74) is 0.483. The first-order valence-electron chi connectivity index (χ1n) is 11.3. The summed E-state index contributed by atoms with van der Waals surface area (Å²) in [4.78, 5) is 1.88. The molecule has 1 atom stereocenters. The lowest BCUT2D eigenvalue weighted by molar-refractivity contribution is 0.0786. The molecule has 36 heavy (non-hydrogen) atoms. The van der Waals surface area contributed by atoms with E-state index in [0.717, 1.165) is 34.7 Å². The maximum atomic E-state index is 13.3. The molecule has 1 saturated heterocycles. The first kappa shape index (κ1) is 26.7. The molecule has 12 heteroatoms. The second-order valence-electron chi connectivity index (χ2n) is 9.05. The van der Waals surface area contributed by atoms with E-state index >= 15 is 0 Å². The summed E-state index contributed by atoms with van der Waals surface area (Å²) in [6, 6.07) is 14.5. The largest absolute Gasteiger partial charge is 0.386 e. The summed E-state index contributed by atoms with van der Waals surface area (Å²) in [5.74, 6) is -0.545. The third-order valence-corrected chi connectivity index (χ3v) is 10.8. The van der Waals surface area contributed by atoms with Crippen LogP contribution in [0.4, 0.5) is 10.1 Å². The maximum Gasteiger partial charge on any atom is 0.252 e. The van der Waals surface area contributed by atoms with E-state index in [4.69, 9.17) is 0 Å². The van der Waals surface area contributed by atoms with Crippen molar-refractivity contribution in [2.75, 3.05) is 31.1 Å². The molecule has 0 spiro atoms. The molecule has 0 unspecified atom stereocenters. The molecule has 1 aromatic heterocycles. The Labute approximate surface area is 215 Å². The number of nitrogens with one attached hydrogen (secondary N) is 1. The summed E-state index contributed by atoms with van der Waals surface area (Å²) < 4.78 is 69.4. The van der Waals surface area contributed by atoms with Gasteiger partial charge < -0.3 is 10.0 Å². The summed E-state index contributed by atoms with van der Waals surface area (Å²) >= 11 is 1.13. The van der Waals surface area contributed by atoms with Crippen molar-refractivity contribution in [3.63, 3.8) is 0 Å². The Balaban J connectivity index is 1.60. The SMILES string of the molecule is CC(C)(O)c1ccc(N2CCN(S(=O)(=O)c3cccs3)C[C@@H]2CNS(=O)(=O)c2ccc(F)cc2)cc1. The molecular formula is C24H28FN3O5S3. The minimum atomic E-state index is -3.95. The van der Waals surface area contributed by atoms with E-state index in [1.165, 1.54) is 16.4 Å². The van der Waals surface area contributed by atoms with Gasteiger partial charge >= 0.3 is 0 Å². The highest BCUT2D eigenvalue weighted by Gasteiger charge is 2.35. The number of hydrogen-bond donors (Lipinski definition) is 2. The zero-order valence-corrected chi connectivity index (χ0v) is 22.3. The number of thiophene rings is 1. The van der Waals surface area contributed by atoms with Gasteiger partial charge in [-0.15, -0.1) is 11.3 Å². The molecule has 0 amide bonds. The third kappa shape index (κ3) is 5.79. The van der Waals surface area contributed by atoms with Gasteiger partial charge in [-0.2, -0.15) is 4.31 Å². The van der Waals surface area contributed by atoms with E-state index in [9.17, 15) is 26.3 Å². The lowest BCUT2D eigenvalue weighted by atomic mass is 9.98. The molecule has 0 bridgehead atoms. The maximum absolute atomic E-state index is 13.3. The quantitative estimate of drug-likeness (QED) is 0.444. The first-order chi connectivity index (χ1) is 16.9. The van der Waals surface area contributed by atoms with Crippen molar-refractivity contribution < 1.29 is 26.3 Å². The molecule has 2 heterocycles. The van der Waals surface area contributed by atoms with Crippen LogP contribution < -0.4 is 9.62 Å². The van der Waals surface area contributed by atoms with E-state index < -0.39 is 37.5 Å². The monoisotopic (exact) mass is 553 g/mol. The van der Waals surface area contributed by atoms with Gasteiger partial charge in [0.15, 0.2) is 0 Å². The zero-order valence-electron chi connectivity index (χ0n) is 19.8. The molecular weight excluding hydrogens is 525 g/mol. The molecule has 194 valence electrons. The van der Waals surface area contributed by atoms with Gasteiger partial charge in [0.1, 0.15) is 10.0 Å². The zero-order chi connectivity index (χ0) is 26.1. The number of halogens is 1. The Morgan fingerprint density at radius 3 is 2.28 bits per heavy atom. The molecule has 0 radical (unpaired) electrons. The van der Waals surface area contributed by atoms with Gasteiger partial charge in [-0.25, -0.2) is 25.9 Å². The normalized spacial score (nSPS) is 17.9. The Morgan fingerprint density at radius 2 is 1.69 bits per heavy atom. The van der Waals surface area contributed by atoms with Gasteiger partial charge in [0.25, 0.3) is 10.0 Å². The van der Waals surface area contributed by atoms with Crippen LogP contribution in [0.2, 0.25) is 0 Å². The first-order valence-corrected chi connectivity index (χ1v) is 15.1. The van der Waals surface area contributed by atoms with Gasteiger partial charge in [-0.1, -0.05) is 18.2 Å². The topological polar surface area (TPSA) is 107 Å². The Kier molecular flexibility index (Phi) is 7.56. The van der Waals surface area contributed by atoms with E-state index in [2.05, 4.69) is 4.72 Å². The number of anilines is 1. The van der Waals surface area contributed by atoms with E-state index in [1.807, 2.05) is 17.0 Å². The number of piperazine rings is 1. The molecule has 4 rings (SSSR count). The van der Waals surface area contributed by atoms with Crippen LogP contribution in [0.5, 0.6) is 0 Å². The van der Waals surface area contributed by atoms with Gasteiger partial charge in [-0.3, -0.25) is 0 Å². The van der Waals surface area contributed by atoms with Crippen LogP contribution in [0.1, 0.15) is 19.4 Å². The summed E-state index contributed by atoms with van der Waals surface area (Å²) in [7, 11) is -7.67. The van der Waals surface area contributed by atoms with Crippen LogP contribution in [-0.2, 0) is 25.6 Å². The highest BCUT2D eigenvalue weighted by Crippen LogP contribution is 2.28. The highest BCUT2D eigenvalue weighted by atomic mass is 32.2. The van der Waals surface area contributed by atoms with Crippen molar-refractivity contribution in [2.45, 2.75) is 34.6 Å². The van der Waals surface area contributed by atoms with E-state index in [-0.39, 0.29) is 28.7 Å². The van der Waals surface area contributed by atoms with Crippen LogP contribution >= 0.6 is 11.3 Å². The molecule has 1 fully saturated rings. The number of aliphatic hydroxyl groups is 1. The van der Waals surface area contributed by atoms with Gasteiger partial charge in [0.2, 0.25) is 10.0 Å². The van der Waals surface area contributed by atoms with Crippen LogP contribution in [0.15, 0.2) is 75.1 Å². The molecule has 2 aromatic carbocycles. The predicted octanol–water partition coefficient (Wildman–Crippen LogP) is 2.97. The minimum absolute atomic E-state index is 0.0661. The van der Waals surface area contributed by atoms with Crippen molar-refractivity contribution >= 4 is 37.1 Å². The summed E-state index contributed by atoms with van der Waals surface area (Å²) in [6.45, 7) is 3.94. The predicted molar refractivity (Wildman–Crippen MR) is 137 cm³/mol. The van der Waals surface area contributed by atoms with Crippen LogP contribution in [0.25, 0.3) is 0 Å². The molecule has 2 N–H and O–H groups in total. The lowest BCUT2D eigenvalue weighted by Gasteiger charge is -2.42. The molecule has 1 aliphatic heterocycles. The Hall–Kier alpha value is -2.35. The third-order valence-electron chi connectivity index (χ3n) is 6.07. The molecule has 3 aromatic rings. The average molecular weight is 554 g/mol. The van der Waals surface area contributed by atoms with Crippen LogP contribution in [0, 0.1) is 5.82 Å². The number of benzene rings is 2. The standard InChI is InChI=1S/C24H28FN3O5S3/c1-24(2,29)18-5-9-20(10-6-18)28-14-13-27(36(32,33)23-4-3-15-34-23)17-21(28)16-26-35(30,31)22-11-7-19(25)8-12-22/h3-12,15,21,26,29H,13-14,16-17H2,1-2H3/t21-/m0/s1. The van der Waals surface area contributed by atoms with E-state index in [1.54, 1.807) is 43.5 Å². The van der Waals surface area contributed by atoms with Crippen LogP contribution in [-0.4, -0.2) is 58.5 Å². The molecule has 1 aliphatic rings. The van der Waals surface area contributed by atoms with Gasteiger partial charge in [0, 0.05) is 31.9 Å². The molecule has 0 aliphatic carbocycles. The second-order valence-corrected chi connectivity index (χ2v) is 13.9. The summed E-state index contributed by atoms with van der Waals surface area (Å²) in [5, 5.41) is 12.0. The van der Waals surface area contributed by atoms with Crippen molar-refractivity contribution in [3.05, 3.63) is 77.4 Å². The molecule has 8 nitrogen and oxygen atoms in total. The average Bonchev–Trinajstić information content (AvgIpc) is 3.39. The fourth-order valence-corrected chi connectivity index (χ4v) is 7.75.